The van der Waals surface area contributed by atoms with Crippen LogP contribution in [0.25, 0.3) is 0 Å². The van der Waals surface area contributed by atoms with Crippen LogP contribution < -0.4 is 4.90 Å². The van der Waals surface area contributed by atoms with Crippen molar-refractivity contribution in [3.05, 3.63) is 62.4 Å². The largest absolute Gasteiger partial charge is 0.310 e. The summed E-state index contributed by atoms with van der Waals surface area (Å²) in [4.78, 5) is 27.8. The van der Waals surface area contributed by atoms with Crippen LogP contribution in [-0.4, -0.2) is 22.9 Å². The van der Waals surface area contributed by atoms with E-state index in [1.807, 2.05) is 0 Å². The van der Waals surface area contributed by atoms with E-state index in [2.05, 4.69) is 4.98 Å². The molecule has 0 aliphatic rings. The fraction of sp³-hybridized carbons (Fsp3) is 0.0769. The molecule has 1 amide bonds. The first kappa shape index (κ1) is 15.2. The lowest BCUT2D eigenvalue weighted by molar-refractivity contribution is -0.384. The first-order chi connectivity index (χ1) is 9.91. The van der Waals surface area contributed by atoms with E-state index in [-0.39, 0.29) is 15.6 Å². The van der Waals surface area contributed by atoms with E-state index >= 15 is 0 Å². The average molecular weight is 326 g/mol. The molecule has 2 rings (SSSR count). The number of aromatic nitrogens is 1. The van der Waals surface area contributed by atoms with Crippen molar-refractivity contribution in [2.24, 2.45) is 0 Å². The average Bonchev–Trinajstić information content (AvgIpc) is 2.49. The number of hydrogen-bond acceptors (Lipinski definition) is 4. The SMILES string of the molecule is CN(C(=O)c1cc(Cl)c(Cl)c([N+](=O)[O-])c1)c1cccnc1. The van der Waals surface area contributed by atoms with E-state index in [4.69, 9.17) is 23.2 Å². The van der Waals surface area contributed by atoms with Crippen LogP contribution in [0.5, 0.6) is 0 Å². The van der Waals surface area contributed by atoms with Crippen LogP contribution in [0.4, 0.5) is 11.4 Å². The van der Waals surface area contributed by atoms with Crippen molar-refractivity contribution in [3.8, 4) is 0 Å². The van der Waals surface area contributed by atoms with Gasteiger partial charge in [0.15, 0.2) is 0 Å². The molecule has 0 radical (unpaired) electrons. The lowest BCUT2D eigenvalue weighted by Crippen LogP contribution is -2.26. The lowest BCUT2D eigenvalue weighted by atomic mass is 10.1. The van der Waals surface area contributed by atoms with Crippen LogP contribution in [-0.2, 0) is 0 Å². The molecule has 0 saturated heterocycles. The number of carbonyl (C=O) groups excluding carboxylic acids is 1. The van der Waals surface area contributed by atoms with E-state index in [9.17, 15) is 14.9 Å². The Kier molecular flexibility index (Phi) is 4.40. The first-order valence-electron chi connectivity index (χ1n) is 5.73. The molecule has 0 spiro atoms. The number of anilines is 1. The topological polar surface area (TPSA) is 76.3 Å². The Labute approximate surface area is 130 Å². The van der Waals surface area contributed by atoms with Gasteiger partial charge in [-0.05, 0) is 18.2 Å². The molecular formula is C13H9Cl2N3O3. The van der Waals surface area contributed by atoms with Gasteiger partial charge in [-0.2, -0.15) is 0 Å². The van der Waals surface area contributed by atoms with Crippen molar-refractivity contribution in [3.63, 3.8) is 0 Å². The highest BCUT2D eigenvalue weighted by atomic mass is 35.5. The highest BCUT2D eigenvalue weighted by Crippen LogP contribution is 2.33. The standard InChI is InChI=1S/C13H9Cl2N3O3/c1-17(9-3-2-4-16-7-9)13(19)8-5-10(14)12(15)11(6-8)18(20)21/h2-7H,1H3. The Balaban J connectivity index is 2.42. The van der Waals surface area contributed by atoms with E-state index in [1.165, 1.54) is 24.2 Å². The van der Waals surface area contributed by atoms with Crippen molar-refractivity contribution < 1.29 is 9.72 Å². The van der Waals surface area contributed by atoms with Gasteiger partial charge in [0.05, 0.1) is 21.8 Å². The number of rotatable bonds is 3. The molecule has 0 N–H and O–H groups in total. The molecule has 0 atom stereocenters. The Morgan fingerprint density at radius 1 is 1.38 bits per heavy atom. The number of benzene rings is 1. The summed E-state index contributed by atoms with van der Waals surface area (Å²) in [5.74, 6) is -0.454. The maximum absolute atomic E-state index is 12.4. The van der Waals surface area contributed by atoms with Crippen LogP contribution in [0.1, 0.15) is 10.4 Å². The van der Waals surface area contributed by atoms with Crippen LogP contribution >= 0.6 is 23.2 Å². The Bertz CT molecular complexity index is 707. The first-order valence-corrected chi connectivity index (χ1v) is 6.49. The molecule has 2 aromatic rings. The summed E-state index contributed by atoms with van der Waals surface area (Å²) in [5, 5.41) is 10.7. The molecule has 0 aliphatic heterocycles. The minimum Gasteiger partial charge on any atom is -0.310 e. The number of nitro benzene ring substituents is 1. The summed E-state index contributed by atoms with van der Waals surface area (Å²) in [6, 6.07) is 5.77. The van der Waals surface area contributed by atoms with Gasteiger partial charge in [-0.25, -0.2) is 0 Å². The molecular weight excluding hydrogens is 317 g/mol. The molecule has 0 saturated carbocycles. The lowest BCUT2D eigenvalue weighted by Gasteiger charge is -2.17. The van der Waals surface area contributed by atoms with Crippen LogP contribution in [0.2, 0.25) is 10.0 Å². The minimum absolute atomic E-state index is 0.0474. The second kappa shape index (κ2) is 6.07. The van der Waals surface area contributed by atoms with Gasteiger partial charge in [0.1, 0.15) is 5.02 Å². The third-order valence-corrected chi connectivity index (χ3v) is 3.58. The van der Waals surface area contributed by atoms with Gasteiger partial charge in [-0.15, -0.1) is 0 Å². The van der Waals surface area contributed by atoms with Crippen molar-refractivity contribution in [2.45, 2.75) is 0 Å². The smallest absolute Gasteiger partial charge is 0.290 e. The fourth-order valence-electron chi connectivity index (χ4n) is 1.69. The Hall–Kier alpha value is -2.18. The van der Waals surface area contributed by atoms with Gasteiger partial charge < -0.3 is 4.90 Å². The molecule has 0 unspecified atom stereocenters. The monoisotopic (exact) mass is 325 g/mol. The van der Waals surface area contributed by atoms with E-state index < -0.39 is 16.5 Å². The van der Waals surface area contributed by atoms with E-state index in [1.54, 1.807) is 18.3 Å². The van der Waals surface area contributed by atoms with Crippen LogP contribution in [0, 0.1) is 10.1 Å². The zero-order valence-corrected chi connectivity index (χ0v) is 12.3. The van der Waals surface area contributed by atoms with Gasteiger partial charge in [-0.3, -0.25) is 19.9 Å². The summed E-state index contributed by atoms with van der Waals surface area (Å²) in [6.07, 6.45) is 3.08. The summed E-state index contributed by atoms with van der Waals surface area (Å²) < 4.78 is 0. The molecule has 108 valence electrons. The van der Waals surface area contributed by atoms with E-state index in [0.717, 1.165) is 6.07 Å². The van der Waals surface area contributed by atoms with Gasteiger partial charge in [0.2, 0.25) is 0 Å². The maximum atomic E-state index is 12.4. The number of carbonyl (C=O) groups is 1. The molecule has 0 aliphatic carbocycles. The molecule has 1 aromatic carbocycles. The summed E-state index contributed by atoms with van der Waals surface area (Å²) in [7, 11) is 1.54. The normalized spacial score (nSPS) is 10.2. The fourth-order valence-corrected chi connectivity index (χ4v) is 2.09. The van der Waals surface area contributed by atoms with Crippen molar-refractivity contribution in [2.75, 3.05) is 11.9 Å². The van der Waals surface area contributed by atoms with Crippen molar-refractivity contribution >= 4 is 40.5 Å². The van der Waals surface area contributed by atoms with Gasteiger partial charge in [-0.1, -0.05) is 23.2 Å². The number of nitrogens with zero attached hydrogens (tertiary/aromatic N) is 3. The van der Waals surface area contributed by atoms with Crippen LogP contribution in [0.15, 0.2) is 36.7 Å². The number of halogens is 2. The zero-order chi connectivity index (χ0) is 15.6. The number of pyridine rings is 1. The summed E-state index contributed by atoms with van der Waals surface area (Å²) >= 11 is 11.6. The maximum Gasteiger partial charge on any atom is 0.290 e. The second-order valence-electron chi connectivity index (χ2n) is 4.12. The van der Waals surface area contributed by atoms with Gasteiger partial charge >= 0.3 is 0 Å². The molecule has 1 aromatic heterocycles. The number of nitro groups is 1. The molecule has 1 heterocycles. The third-order valence-electron chi connectivity index (χ3n) is 2.79. The third kappa shape index (κ3) is 3.12. The van der Waals surface area contributed by atoms with E-state index in [0.29, 0.717) is 5.69 Å². The highest BCUT2D eigenvalue weighted by Gasteiger charge is 2.22. The molecule has 0 fully saturated rings. The number of amides is 1. The zero-order valence-electron chi connectivity index (χ0n) is 10.8. The molecule has 6 nitrogen and oxygen atoms in total. The minimum atomic E-state index is -0.685. The Morgan fingerprint density at radius 2 is 2.10 bits per heavy atom. The van der Waals surface area contributed by atoms with Crippen molar-refractivity contribution in [1.29, 1.82) is 0 Å². The second-order valence-corrected chi connectivity index (χ2v) is 4.91. The Morgan fingerprint density at radius 3 is 2.67 bits per heavy atom. The number of hydrogen-bond donors (Lipinski definition) is 0. The highest BCUT2D eigenvalue weighted by molar-refractivity contribution is 6.43. The van der Waals surface area contributed by atoms with Gasteiger partial charge in [0, 0.05) is 24.9 Å². The molecule has 0 bridgehead atoms. The summed E-state index contributed by atoms with van der Waals surface area (Å²) in [6.45, 7) is 0. The quantitative estimate of drug-likeness (QED) is 0.638. The molecule has 8 heteroatoms. The molecule has 21 heavy (non-hydrogen) atoms. The van der Waals surface area contributed by atoms with Crippen LogP contribution in [0.3, 0.4) is 0 Å². The van der Waals surface area contributed by atoms with Gasteiger partial charge in [0.25, 0.3) is 11.6 Å². The predicted molar refractivity (Wildman–Crippen MR) is 80.1 cm³/mol. The van der Waals surface area contributed by atoms with Crippen molar-refractivity contribution in [1.82, 2.24) is 4.98 Å². The summed E-state index contributed by atoms with van der Waals surface area (Å²) in [5.41, 5.74) is 0.214. The predicted octanol–water partition coefficient (Wildman–Crippen LogP) is 3.57.